The highest BCUT2D eigenvalue weighted by atomic mass is 16.4. The first kappa shape index (κ1) is 15.0. The molecule has 2 unspecified atom stereocenters. The van der Waals surface area contributed by atoms with Gasteiger partial charge in [0.2, 0.25) is 0 Å². The number of aromatic nitrogens is 1. The number of nitrogens with one attached hydrogen (secondary N) is 2. The number of H-pyrrole nitrogens is 1. The van der Waals surface area contributed by atoms with Gasteiger partial charge in [0.05, 0.1) is 6.04 Å². The number of hydrogen-bond donors (Lipinski definition) is 3. The number of rotatable bonds is 2. The summed E-state index contributed by atoms with van der Waals surface area (Å²) in [6.45, 7) is 4.13. The van der Waals surface area contributed by atoms with E-state index in [2.05, 4.69) is 48.4 Å². The van der Waals surface area contributed by atoms with Crippen molar-refractivity contribution in [1.82, 2.24) is 10.3 Å². The van der Waals surface area contributed by atoms with Crippen molar-refractivity contribution < 1.29 is 9.90 Å². The van der Waals surface area contributed by atoms with Crippen LogP contribution in [0.4, 0.5) is 0 Å². The van der Waals surface area contributed by atoms with Gasteiger partial charge in [0.1, 0.15) is 6.04 Å². The molecule has 2 atom stereocenters. The number of carbonyl (C=O) groups is 1. The van der Waals surface area contributed by atoms with Crippen LogP contribution in [-0.2, 0) is 11.2 Å². The van der Waals surface area contributed by atoms with E-state index in [1.54, 1.807) is 0 Å². The molecular weight excluding hydrogens is 300 g/mol. The summed E-state index contributed by atoms with van der Waals surface area (Å²) in [7, 11) is 0. The second-order valence-electron chi connectivity index (χ2n) is 6.62. The minimum Gasteiger partial charge on any atom is -0.480 e. The zero-order valence-electron chi connectivity index (χ0n) is 13.8. The van der Waals surface area contributed by atoms with Crippen molar-refractivity contribution in [3.8, 4) is 0 Å². The van der Waals surface area contributed by atoms with Crippen molar-refractivity contribution in [1.29, 1.82) is 0 Å². The molecule has 24 heavy (non-hydrogen) atoms. The van der Waals surface area contributed by atoms with Gasteiger partial charge >= 0.3 is 5.97 Å². The molecule has 122 valence electrons. The minimum atomic E-state index is -0.804. The maximum atomic E-state index is 11.7. The van der Waals surface area contributed by atoms with Gasteiger partial charge in [-0.15, -0.1) is 0 Å². The molecule has 0 fully saturated rings. The quantitative estimate of drug-likeness (QED) is 0.677. The lowest BCUT2D eigenvalue weighted by atomic mass is 9.88. The average Bonchev–Trinajstić information content (AvgIpc) is 2.95. The van der Waals surface area contributed by atoms with Crippen molar-refractivity contribution in [3.05, 3.63) is 70.4 Å². The highest BCUT2D eigenvalue weighted by molar-refractivity contribution is 5.87. The molecule has 4 heteroatoms. The standard InChI is InChI=1S/C20H20N2O2/c1-11-7-8-12(2)14(9-11)18-19-15(10-17(22-18)20(23)24)13-5-3-4-6-16(13)21-19/h3-9,17-18,21-22H,10H2,1-2H3,(H,23,24). The molecule has 1 aliphatic heterocycles. The Bertz CT molecular complexity index is 942. The Labute approximate surface area is 140 Å². The fraction of sp³-hybridized carbons (Fsp3) is 0.250. The minimum absolute atomic E-state index is 0.137. The Morgan fingerprint density at radius 3 is 2.75 bits per heavy atom. The van der Waals surface area contributed by atoms with Crippen LogP contribution in [0, 0.1) is 13.8 Å². The van der Waals surface area contributed by atoms with E-state index < -0.39 is 12.0 Å². The number of benzene rings is 2. The molecule has 1 aliphatic rings. The third kappa shape index (κ3) is 2.31. The molecule has 3 N–H and O–H groups in total. The van der Waals surface area contributed by atoms with Crippen LogP contribution in [0.25, 0.3) is 10.9 Å². The maximum absolute atomic E-state index is 11.7. The lowest BCUT2D eigenvalue weighted by molar-refractivity contribution is -0.139. The second kappa shape index (κ2) is 5.49. The molecule has 3 aromatic rings. The van der Waals surface area contributed by atoms with E-state index in [1.165, 1.54) is 5.56 Å². The number of carboxylic acid groups (broad SMARTS) is 1. The van der Waals surface area contributed by atoms with Crippen LogP contribution >= 0.6 is 0 Å². The zero-order valence-corrected chi connectivity index (χ0v) is 13.8. The van der Waals surface area contributed by atoms with E-state index in [9.17, 15) is 9.90 Å². The van der Waals surface area contributed by atoms with Crippen molar-refractivity contribution in [2.45, 2.75) is 32.4 Å². The number of aryl methyl sites for hydroxylation is 2. The second-order valence-corrected chi connectivity index (χ2v) is 6.62. The predicted octanol–water partition coefficient (Wildman–Crippen LogP) is 3.47. The lowest BCUT2D eigenvalue weighted by Crippen LogP contribution is -2.45. The molecule has 1 aromatic heterocycles. The molecule has 2 heterocycles. The third-order valence-corrected chi connectivity index (χ3v) is 4.96. The first-order chi connectivity index (χ1) is 11.5. The highest BCUT2D eigenvalue weighted by Gasteiger charge is 2.34. The fourth-order valence-corrected chi connectivity index (χ4v) is 3.71. The molecule has 0 bridgehead atoms. The predicted molar refractivity (Wildman–Crippen MR) is 94.3 cm³/mol. The monoisotopic (exact) mass is 320 g/mol. The number of para-hydroxylation sites is 1. The molecule has 0 spiro atoms. The molecule has 0 radical (unpaired) electrons. The van der Waals surface area contributed by atoms with Gasteiger partial charge < -0.3 is 10.1 Å². The molecule has 0 saturated carbocycles. The molecule has 0 aliphatic carbocycles. The number of aliphatic carboxylic acids is 1. The number of fused-ring (bicyclic) bond motifs is 3. The van der Waals surface area contributed by atoms with E-state index in [-0.39, 0.29) is 6.04 Å². The Morgan fingerprint density at radius 2 is 1.96 bits per heavy atom. The van der Waals surface area contributed by atoms with Gasteiger partial charge in [-0.1, -0.05) is 42.0 Å². The first-order valence-corrected chi connectivity index (χ1v) is 8.20. The van der Waals surface area contributed by atoms with Crippen LogP contribution in [0.15, 0.2) is 42.5 Å². The van der Waals surface area contributed by atoms with Gasteiger partial charge in [-0.25, -0.2) is 0 Å². The van der Waals surface area contributed by atoms with E-state index in [4.69, 9.17) is 0 Å². The smallest absolute Gasteiger partial charge is 0.321 e. The maximum Gasteiger partial charge on any atom is 0.321 e. The van der Waals surface area contributed by atoms with Crippen molar-refractivity contribution in [2.24, 2.45) is 0 Å². The van der Waals surface area contributed by atoms with Gasteiger partial charge in [-0.05, 0) is 36.6 Å². The van der Waals surface area contributed by atoms with Gasteiger partial charge in [0.15, 0.2) is 0 Å². The van der Waals surface area contributed by atoms with E-state index in [1.807, 2.05) is 18.2 Å². The van der Waals surface area contributed by atoms with Gasteiger partial charge in [-0.2, -0.15) is 0 Å². The molecule has 0 amide bonds. The zero-order chi connectivity index (χ0) is 16.8. The van der Waals surface area contributed by atoms with E-state index in [0.717, 1.165) is 33.3 Å². The van der Waals surface area contributed by atoms with Crippen LogP contribution < -0.4 is 5.32 Å². The van der Waals surface area contributed by atoms with Crippen LogP contribution in [-0.4, -0.2) is 22.1 Å². The summed E-state index contributed by atoms with van der Waals surface area (Å²) in [6.07, 6.45) is 0.496. The van der Waals surface area contributed by atoms with Gasteiger partial charge in [0.25, 0.3) is 0 Å². The van der Waals surface area contributed by atoms with Crippen LogP contribution in [0.2, 0.25) is 0 Å². The van der Waals surface area contributed by atoms with Crippen LogP contribution in [0.1, 0.15) is 34.0 Å². The Balaban J connectivity index is 1.94. The highest BCUT2D eigenvalue weighted by Crippen LogP contribution is 2.36. The summed E-state index contributed by atoms with van der Waals surface area (Å²) in [5.74, 6) is -0.804. The fourth-order valence-electron chi connectivity index (χ4n) is 3.71. The van der Waals surface area contributed by atoms with Gasteiger partial charge in [-0.3, -0.25) is 10.1 Å². The summed E-state index contributed by atoms with van der Waals surface area (Å²) in [5, 5.41) is 14.0. The van der Waals surface area contributed by atoms with Crippen molar-refractivity contribution in [3.63, 3.8) is 0 Å². The average molecular weight is 320 g/mol. The summed E-state index contributed by atoms with van der Waals surface area (Å²) in [4.78, 5) is 15.2. The Morgan fingerprint density at radius 1 is 1.17 bits per heavy atom. The third-order valence-electron chi connectivity index (χ3n) is 4.96. The van der Waals surface area contributed by atoms with E-state index in [0.29, 0.717) is 6.42 Å². The number of aromatic amines is 1. The summed E-state index contributed by atoms with van der Waals surface area (Å²) >= 11 is 0. The number of hydrogen-bond acceptors (Lipinski definition) is 2. The van der Waals surface area contributed by atoms with Crippen molar-refractivity contribution in [2.75, 3.05) is 0 Å². The van der Waals surface area contributed by atoms with E-state index >= 15 is 0 Å². The SMILES string of the molecule is Cc1ccc(C)c(C2NC(C(=O)O)Cc3c2[nH]c2ccccc32)c1. The normalized spacial score (nSPS) is 20.1. The van der Waals surface area contributed by atoms with Gasteiger partial charge in [0, 0.05) is 23.0 Å². The molecule has 4 rings (SSSR count). The summed E-state index contributed by atoms with van der Waals surface area (Å²) < 4.78 is 0. The van der Waals surface area contributed by atoms with Crippen LogP contribution in [0.3, 0.4) is 0 Å². The first-order valence-electron chi connectivity index (χ1n) is 8.20. The van der Waals surface area contributed by atoms with Crippen LogP contribution in [0.5, 0.6) is 0 Å². The molecule has 2 aromatic carbocycles. The number of carboxylic acids is 1. The Hall–Kier alpha value is -2.59. The topological polar surface area (TPSA) is 65.1 Å². The van der Waals surface area contributed by atoms with Crippen molar-refractivity contribution >= 4 is 16.9 Å². The molecular formula is C20H20N2O2. The Kier molecular flexibility index (Phi) is 3.43. The summed E-state index contributed by atoms with van der Waals surface area (Å²) in [6, 6.07) is 13.7. The molecule has 0 saturated heterocycles. The molecule has 4 nitrogen and oxygen atoms in total. The lowest BCUT2D eigenvalue weighted by Gasteiger charge is -2.30. The largest absolute Gasteiger partial charge is 0.480 e. The summed E-state index contributed by atoms with van der Waals surface area (Å²) in [5.41, 5.74) is 6.73.